The molecule has 22 heavy (non-hydrogen) atoms. The summed E-state index contributed by atoms with van der Waals surface area (Å²) in [4.78, 5) is 19.1. The molecule has 0 bridgehead atoms. The summed E-state index contributed by atoms with van der Waals surface area (Å²) in [5.74, 6) is 0.845. The van der Waals surface area contributed by atoms with Crippen LogP contribution in [0.1, 0.15) is 30.7 Å². The Balaban J connectivity index is 1.42. The summed E-state index contributed by atoms with van der Waals surface area (Å²) in [6, 6.07) is 6.25. The second kappa shape index (κ2) is 5.55. The minimum Gasteiger partial charge on any atom is -0.338 e. The summed E-state index contributed by atoms with van der Waals surface area (Å²) in [6.07, 6.45) is 10.6. The fourth-order valence-corrected chi connectivity index (χ4v) is 3.58. The Bertz CT molecular complexity index is 640. The van der Waals surface area contributed by atoms with Crippen molar-refractivity contribution < 1.29 is 4.79 Å². The van der Waals surface area contributed by atoms with Gasteiger partial charge in [-0.2, -0.15) is 5.10 Å². The van der Waals surface area contributed by atoms with Gasteiger partial charge in [0.15, 0.2) is 0 Å². The highest BCUT2D eigenvalue weighted by molar-refractivity contribution is 5.83. The predicted molar refractivity (Wildman–Crippen MR) is 82.0 cm³/mol. The van der Waals surface area contributed by atoms with Gasteiger partial charge in [-0.25, -0.2) is 0 Å². The molecular formula is C17H20N4O. The molecule has 0 spiro atoms. The van der Waals surface area contributed by atoms with Crippen molar-refractivity contribution in [2.24, 2.45) is 5.92 Å². The Kier molecular flexibility index (Phi) is 3.41. The van der Waals surface area contributed by atoms with Gasteiger partial charge >= 0.3 is 0 Å². The maximum Gasteiger partial charge on any atom is 0.226 e. The third kappa shape index (κ3) is 2.51. The highest BCUT2D eigenvalue weighted by Crippen LogP contribution is 2.48. The van der Waals surface area contributed by atoms with E-state index in [-0.39, 0.29) is 5.92 Å². The van der Waals surface area contributed by atoms with Crippen LogP contribution in [0.3, 0.4) is 0 Å². The van der Waals surface area contributed by atoms with E-state index in [0.717, 1.165) is 32.4 Å². The van der Waals surface area contributed by atoms with Crippen molar-refractivity contribution in [3.63, 3.8) is 0 Å². The second-order valence-corrected chi connectivity index (χ2v) is 6.29. The van der Waals surface area contributed by atoms with Gasteiger partial charge in [-0.15, -0.1) is 0 Å². The minimum atomic E-state index is 0.155. The van der Waals surface area contributed by atoms with Crippen molar-refractivity contribution in [2.45, 2.75) is 37.8 Å². The summed E-state index contributed by atoms with van der Waals surface area (Å²) in [5, 5.41) is 4.27. The lowest BCUT2D eigenvalue weighted by atomic mass is 10.1. The van der Waals surface area contributed by atoms with E-state index in [4.69, 9.17) is 0 Å². The molecule has 4 rings (SSSR count). The zero-order chi connectivity index (χ0) is 14.9. The molecule has 2 aliphatic rings. The lowest BCUT2D eigenvalue weighted by molar-refractivity contribution is -0.133. The van der Waals surface area contributed by atoms with Crippen molar-refractivity contribution in [1.29, 1.82) is 0 Å². The van der Waals surface area contributed by atoms with Crippen LogP contribution in [0.5, 0.6) is 0 Å². The molecule has 3 heterocycles. The molecule has 1 saturated heterocycles. The highest BCUT2D eigenvalue weighted by atomic mass is 16.2. The van der Waals surface area contributed by atoms with E-state index in [1.54, 1.807) is 12.4 Å². The molecule has 114 valence electrons. The standard InChI is InChI=1S/C17H20N4O/c22-17(16-10-15(16)13-4-1-6-18-11-13)21-9-2-5-14(21)12-20-8-3-7-19-20/h1,3-4,6-8,11,14-16H,2,5,9-10,12H2/t14-,15-,16+/m0/s1. The minimum absolute atomic E-state index is 0.155. The topological polar surface area (TPSA) is 51.0 Å². The first kappa shape index (κ1) is 13.5. The first-order valence-electron chi connectivity index (χ1n) is 8.01. The van der Waals surface area contributed by atoms with E-state index < -0.39 is 0 Å². The van der Waals surface area contributed by atoms with Crippen molar-refractivity contribution in [3.05, 3.63) is 48.5 Å². The number of nitrogens with zero attached hydrogens (tertiary/aromatic N) is 4. The van der Waals surface area contributed by atoms with Crippen LogP contribution >= 0.6 is 0 Å². The Morgan fingerprint density at radius 2 is 2.27 bits per heavy atom. The van der Waals surface area contributed by atoms with Crippen LogP contribution in [-0.2, 0) is 11.3 Å². The van der Waals surface area contributed by atoms with Gasteiger partial charge in [0.05, 0.1) is 12.6 Å². The molecule has 0 unspecified atom stereocenters. The molecular weight excluding hydrogens is 276 g/mol. The average Bonchev–Trinajstić information content (AvgIpc) is 2.94. The lowest BCUT2D eigenvalue weighted by Crippen LogP contribution is -2.39. The fraction of sp³-hybridized carbons (Fsp3) is 0.471. The zero-order valence-corrected chi connectivity index (χ0v) is 12.5. The number of aromatic nitrogens is 3. The number of carbonyl (C=O) groups is 1. The Hall–Kier alpha value is -2.17. The Morgan fingerprint density at radius 3 is 3.05 bits per heavy atom. The van der Waals surface area contributed by atoms with E-state index in [0.29, 0.717) is 17.9 Å². The smallest absolute Gasteiger partial charge is 0.226 e. The van der Waals surface area contributed by atoms with Crippen LogP contribution in [0.4, 0.5) is 0 Å². The number of rotatable bonds is 4. The normalized spacial score (nSPS) is 27.1. The van der Waals surface area contributed by atoms with Gasteiger partial charge in [-0.1, -0.05) is 6.07 Å². The summed E-state index contributed by atoms with van der Waals surface area (Å²) in [7, 11) is 0. The molecule has 2 aromatic heterocycles. The molecule has 0 N–H and O–H groups in total. The first-order chi connectivity index (χ1) is 10.8. The lowest BCUT2D eigenvalue weighted by Gasteiger charge is -2.25. The third-order valence-corrected chi connectivity index (χ3v) is 4.84. The largest absolute Gasteiger partial charge is 0.338 e. The zero-order valence-electron chi connectivity index (χ0n) is 12.5. The highest BCUT2D eigenvalue weighted by Gasteiger charge is 2.47. The molecule has 1 amide bonds. The van der Waals surface area contributed by atoms with E-state index >= 15 is 0 Å². The number of pyridine rings is 1. The van der Waals surface area contributed by atoms with Crippen LogP contribution in [0.15, 0.2) is 43.0 Å². The molecule has 0 aromatic carbocycles. The van der Waals surface area contributed by atoms with Gasteiger partial charge < -0.3 is 4.90 Å². The number of hydrogen-bond acceptors (Lipinski definition) is 3. The fourth-order valence-electron chi connectivity index (χ4n) is 3.58. The van der Waals surface area contributed by atoms with E-state index in [2.05, 4.69) is 21.0 Å². The maximum atomic E-state index is 12.8. The predicted octanol–water partition coefficient (Wildman–Crippen LogP) is 2.07. The molecule has 2 fully saturated rings. The van der Waals surface area contributed by atoms with Crippen molar-refractivity contribution in [2.75, 3.05) is 6.54 Å². The van der Waals surface area contributed by atoms with Crippen LogP contribution < -0.4 is 0 Å². The van der Waals surface area contributed by atoms with Crippen LogP contribution in [-0.4, -0.2) is 38.2 Å². The first-order valence-corrected chi connectivity index (χ1v) is 8.01. The van der Waals surface area contributed by atoms with Gasteiger partial charge in [0, 0.05) is 37.3 Å². The summed E-state index contributed by atoms with van der Waals surface area (Å²) < 4.78 is 1.93. The SMILES string of the molecule is O=C([C@@H]1C[C@H]1c1cccnc1)N1CCC[C@H]1Cn1cccn1. The Morgan fingerprint density at radius 1 is 1.32 bits per heavy atom. The van der Waals surface area contributed by atoms with Crippen LogP contribution in [0.25, 0.3) is 0 Å². The number of carbonyl (C=O) groups excluding carboxylic acids is 1. The van der Waals surface area contributed by atoms with E-state index in [1.807, 2.05) is 29.2 Å². The molecule has 1 aliphatic carbocycles. The average molecular weight is 296 g/mol. The summed E-state index contributed by atoms with van der Waals surface area (Å²) in [5.41, 5.74) is 1.20. The molecule has 5 heteroatoms. The molecule has 0 radical (unpaired) electrons. The van der Waals surface area contributed by atoms with Gasteiger partial charge in [-0.3, -0.25) is 14.5 Å². The molecule has 1 aliphatic heterocycles. The van der Waals surface area contributed by atoms with Crippen molar-refractivity contribution in [1.82, 2.24) is 19.7 Å². The van der Waals surface area contributed by atoms with Crippen molar-refractivity contribution in [3.8, 4) is 0 Å². The number of hydrogen-bond donors (Lipinski definition) is 0. The van der Waals surface area contributed by atoms with Crippen LogP contribution in [0, 0.1) is 5.92 Å². The van der Waals surface area contributed by atoms with Crippen molar-refractivity contribution >= 4 is 5.91 Å². The van der Waals surface area contributed by atoms with Gasteiger partial charge in [0.25, 0.3) is 0 Å². The summed E-state index contributed by atoms with van der Waals surface area (Å²) >= 11 is 0. The second-order valence-electron chi connectivity index (χ2n) is 6.29. The molecule has 3 atom stereocenters. The molecule has 1 saturated carbocycles. The van der Waals surface area contributed by atoms with Gasteiger partial charge in [0.2, 0.25) is 5.91 Å². The van der Waals surface area contributed by atoms with E-state index in [1.165, 1.54) is 5.56 Å². The molecule has 2 aromatic rings. The monoisotopic (exact) mass is 296 g/mol. The number of amides is 1. The maximum absolute atomic E-state index is 12.8. The Labute approximate surface area is 130 Å². The third-order valence-electron chi connectivity index (χ3n) is 4.84. The van der Waals surface area contributed by atoms with Crippen LogP contribution in [0.2, 0.25) is 0 Å². The van der Waals surface area contributed by atoms with E-state index in [9.17, 15) is 4.79 Å². The quantitative estimate of drug-likeness (QED) is 0.868. The van der Waals surface area contributed by atoms with Gasteiger partial charge in [0.1, 0.15) is 0 Å². The summed E-state index contributed by atoms with van der Waals surface area (Å²) in [6.45, 7) is 1.70. The number of likely N-dealkylation sites (tertiary alicyclic amines) is 1. The van der Waals surface area contributed by atoms with Gasteiger partial charge in [-0.05, 0) is 42.9 Å². The molecule has 5 nitrogen and oxygen atoms in total.